The lowest BCUT2D eigenvalue weighted by atomic mass is 10.1. The number of nitrogens with one attached hydrogen (secondary N) is 2. The number of aromatic amines is 1. The topological polar surface area (TPSA) is 73.7 Å². The minimum absolute atomic E-state index is 0.601. The molecule has 2 heterocycles. The second-order valence-corrected chi connectivity index (χ2v) is 5.51. The van der Waals surface area contributed by atoms with E-state index in [4.69, 9.17) is 10.00 Å². The fourth-order valence-electron chi connectivity index (χ4n) is 1.86. The first kappa shape index (κ1) is 12.8. The highest BCUT2D eigenvalue weighted by molar-refractivity contribution is 8.00. The van der Waals surface area contributed by atoms with Gasteiger partial charge >= 0.3 is 0 Å². The van der Waals surface area contributed by atoms with Gasteiger partial charge in [0.05, 0.1) is 35.0 Å². The van der Waals surface area contributed by atoms with E-state index in [1.807, 2.05) is 17.5 Å². The van der Waals surface area contributed by atoms with Crippen LogP contribution in [0, 0.1) is 11.3 Å². The van der Waals surface area contributed by atoms with E-state index in [-0.39, 0.29) is 0 Å². The highest BCUT2D eigenvalue weighted by Crippen LogP contribution is 2.33. The number of nitriles is 1. The van der Waals surface area contributed by atoms with Crippen molar-refractivity contribution in [3.63, 3.8) is 0 Å². The van der Waals surface area contributed by atoms with Gasteiger partial charge in [0.2, 0.25) is 0 Å². The Balaban J connectivity index is 2.00. The van der Waals surface area contributed by atoms with Crippen LogP contribution < -0.4 is 9.46 Å². The molecule has 0 fully saturated rings. The number of methoxy groups -OCH3 is 1. The lowest BCUT2D eigenvalue weighted by molar-refractivity contribution is 0.415. The van der Waals surface area contributed by atoms with Gasteiger partial charge in [-0.1, -0.05) is 0 Å². The second-order valence-electron chi connectivity index (χ2n) is 3.98. The Kier molecular flexibility index (Phi) is 3.50. The molecule has 2 N–H and O–H groups in total. The molecule has 20 heavy (non-hydrogen) atoms. The van der Waals surface area contributed by atoms with Crippen molar-refractivity contribution in [3.8, 4) is 11.8 Å². The fourth-order valence-corrected chi connectivity index (χ4v) is 3.14. The Hall–Kier alpha value is -2.17. The molecular formula is C13H10N4OS2. The second kappa shape index (κ2) is 5.45. The molecule has 5 nitrogen and oxygen atoms in total. The number of benzene rings is 1. The third-order valence-electron chi connectivity index (χ3n) is 2.81. The molecule has 3 aromatic rings. The van der Waals surface area contributed by atoms with Gasteiger partial charge in [0, 0.05) is 23.0 Å². The van der Waals surface area contributed by atoms with E-state index in [0.717, 1.165) is 21.5 Å². The van der Waals surface area contributed by atoms with Crippen molar-refractivity contribution in [1.82, 2.24) is 9.36 Å². The molecule has 0 saturated carbocycles. The fraction of sp³-hybridized carbons (Fsp3) is 0.0769. The first-order chi connectivity index (χ1) is 9.81. The zero-order valence-corrected chi connectivity index (χ0v) is 12.1. The molecule has 2 aromatic heterocycles. The van der Waals surface area contributed by atoms with Crippen LogP contribution in [0.5, 0.6) is 5.75 Å². The Morgan fingerprint density at radius 2 is 2.40 bits per heavy atom. The van der Waals surface area contributed by atoms with Gasteiger partial charge in [-0.05, 0) is 29.5 Å². The Morgan fingerprint density at radius 3 is 3.10 bits per heavy atom. The van der Waals surface area contributed by atoms with E-state index in [2.05, 4.69) is 20.1 Å². The van der Waals surface area contributed by atoms with Crippen LogP contribution in [0.25, 0.3) is 10.9 Å². The number of hydrogen-bond donors (Lipinski definition) is 2. The van der Waals surface area contributed by atoms with Crippen molar-refractivity contribution >= 4 is 40.1 Å². The number of rotatable bonds is 4. The van der Waals surface area contributed by atoms with E-state index in [9.17, 15) is 0 Å². The van der Waals surface area contributed by atoms with Gasteiger partial charge in [0.1, 0.15) is 11.8 Å². The van der Waals surface area contributed by atoms with E-state index in [0.29, 0.717) is 11.3 Å². The van der Waals surface area contributed by atoms with Crippen LogP contribution in [0.1, 0.15) is 5.56 Å². The molecule has 1 aromatic carbocycles. The Morgan fingerprint density at radius 1 is 1.50 bits per heavy atom. The molecular weight excluding hydrogens is 292 g/mol. The van der Waals surface area contributed by atoms with Gasteiger partial charge in [0.25, 0.3) is 0 Å². The minimum atomic E-state index is 0.601. The predicted octanol–water partition coefficient (Wildman–Crippen LogP) is 3.62. The average Bonchev–Trinajstić information content (AvgIpc) is 3.13. The predicted molar refractivity (Wildman–Crippen MR) is 81.2 cm³/mol. The van der Waals surface area contributed by atoms with Crippen molar-refractivity contribution in [2.75, 3.05) is 11.8 Å². The molecule has 0 bridgehead atoms. The van der Waals surface area contributed by atoms with Crippen LogP contribution in [0.15, 0.2) is 34.8 Å². The van der Waals surface area contributed by atoms with Crippen molar-refractivity contribution in [2.45, 2.75) is 4.90 Å². The summed E-state index contributed by atoms with van der Waals surface area (Å²) in [5, 5.41) is 11.9. The molecule has 0 amide bonds. The summed E-state index contributed by atoms with van der Waals surface area (Å²) in [4.78, 5) is 4.16. The largest absolute Gasteiger partial charge is 0.497 e. The summed E-state index contributed by atoms with van der Waals surface area (Å²) in [5.41, 5.74) is 2.36. The summed E-state index contributed by atoms with van der Waals surface area (Å²) in [6.07, 6.45) is 3.50. The van der Waals surface area contributed by atoms with Crippen LogP contribution in [-0.4, -0.2) is 16.5 Å². The molecule has 3 rings (SSSR count). The summed E-state index contributed by atoms with van der Waals surface area (Å²) in [6.45, 7) is 0. The summed E-state index contributed by atoms with van der Waals surface area (Å²) in [7, 11) is 1.61. The van der Waals surface area contributed by atoms with E-state index in [1.165, 1.54) is 23.5 Å². The lowest BCUT2D eigenvalue weighted by Gasteiger charge is -2.08. The maximum atomic E-state index is 9.12. The van der Waals surface area contributed by atoms with Crippen molar-refractivity contribution in [2.24, 2.45) is 0 Å². The Labute approximate surface area is 123 Å². The van der Waals surface area contributed by atoms with E-state index in [1.54, 1.807) is 19.5 Å². The van der Waals surface area contributed by atoms with Crippen molar-refractivity contribution in [3.05, 3.63) is 35.5 Å². The summed E-state index contributed by atoms with van der Waals surface area (Å²) in [5.74, 6) is 0.708. The molecule has 0 aliphatic carbocycles. The number of hydrogen-bond acceptors (Lipinski definition) is 6. The van der Waals surface area contributed by atoms with Crippen LogP contribution in [0.2, 0.25) is 0 Å². The zero-order chi connectivity index (χ0) is 13.9. The molecule has 0 atom stereocenters. The van der Waals surface area contributed by atoms with Gasteiger partial charge in [-0.15, -0.1) is 0 Å². The third-order valence-corrected chi connectivity index (χ3v) is 4.32. The molecule has 0 spiro atoms. The minimum Gasteiger partial charge on any atom is -0.497 e. The molecule has 0 aliphatic heterocycles. The first-order valence-electron chi connectivity index (χ1n) is 5.73. The normalized spacial score (nSPS) is 10.4. The van der Waals surface area contributed by atoms with Gasteiger partial charge in [-0.3, -0.25) is 0 Å². The first-order valence-corrected chi connectivity index (χ1v) is 7.38. The Bertz CT molecular complexity index is 774. The van der Waals surface area contributed by atoms with Gasteiger partial charge < -0.3 is 14.4 Å². The van der Waals surface area contributed by atoms with Crippen molar-refractivity contribution in [1.29, 1.82) is 5.26 Å². The maximum Gasteiger partial charge on any atom is 0.121 e. The average molecular weight is 302 g/mol. The number of H-pyrrole nitrogens is 1. The van der Waals surface area contributed by atoms with Crippen LogP contribution >= 0.6 is 23.5 Å². The zero-order valence-electron chi connectivity index (χ0n) is 10.5. The van der Waals surface area contributed by atoms with Gasteiger partial charge in [-0.2, -0.15) is 9.64 Å². The smallest absolute Gasteiger partial charge is 0.121 e. The molecule has 0 unspecified atom stereocenters. The SMILES string of the molecule is COc1cc(NSc2cnsc2)c2[nH]cc(C#N)c2c1. The van der Waals surface area contributed by atoms with E-state index < -0.39 is 0 Å². The number of nitrogens with zero attached hydrogens (tertiary/aromatic N) is 2. The number of aromatic nitrogens is 2. The van der Waals surface area contributed by atoms with Crippen LogP contribution in [0.3, 0.4) is 0 Å². The number of fused-ring (bicyclic) bond motifs is 1. The summed E-state index contributed by atoms with van der Waals surface area (Å²) in [6, 6.07) is 5.92. The van der Waals surface area contributed by atoms with Gasteiger partial charge in [0.15, 0.2) is 0 Å². The highest BCUT2D eigenvalue weighted by Gasteiger charge is 2.10. The number of anilines is 1. The highest BCUT2D eigenvalue weighted by atomic mass is 32.2. The quantitative estimate of drug-likeness (QED) is 0.720. The summed E-state index contributed by atoms with van der Waals surface area (Å²) >= 11 is 2.88. The molecule has 0 aliphatic rings. The molecule has 100 valence electrons. The lowest BCUT2D eigenvalue weighted by Crippen LogP contribution is -1.90. The molecule has 7 heteroatoms. The van der Waals surface area contributed by atoms with E-state index >= 15 is 0 Å². The molecule has 0 radical (unpaired) electrons. The van der Waals surface area contributed by atoms with Crippen molar-refractivity contribution < 1.29 is 4.74 Å². The van der Waals surface area contributed by atoms with Gasteiger partial charge in [-0.25, -0.2) is 0 Å². The number of ether oxygens (including phenoxy) is 1. The molecule has 0 saturated heterocycles. The monoisotopic (exact) mass is 302 g/mol. The van der Waals surface area contributed by atoms with Crippen LogP contribution in [-0.2, 0) is 0 Å². The standard InChI is InChI=1S/C13H10N4OS2/c1-18-9-2-11-8(4-14)5-15-13(11)12(3-9)17-20-10-6-16-19-7-10/h2-3,5-7,15,17H,1H3. The third kappa shape index (κ3) is 2.31. The summed E-state index contributed by atoms with van der Waals surface area (Å²) < 4.78 is 12.6. The van der Waals surface area contributed by atoms with Crippen LogP contribution in [0.4, 0.5) is 5.69 Å². The maximum absolute atomic E-state index is 9.12.